The zero-order valence-corrected chi connectivity index (χ0v) is 22.7. The van der Waals surface area contributed by atoms with Crippen LogP contribution >= 0.6 is 11.3 Å². The van der Waals surface area contributed by atoms with Crippen LogP contribution in [-0.2, 0) is 9.59 Å². The maximum Gasteiger partial charge on any atom is 0.245 e. The molecule has 0 bridgehead atoms. The molecule has 3 aromatic rings. The van der Waals surface area contributed by atoms with Crippen LogP contribution in [0.15, 0.2) is 57.6 Å². The van der Waals surface area contributed by atoms with Crippen molar-refractivity contribution in [2.75, 3.05) is 31.5 Å². The molecular formula is C29H31N5O4S. The van der Waals surface area contributed by atoms with Crippen LogP contribution in [0.5, 0.6) is 0 Å². The van der Waals surface area contributed by atoms with Gasteiger partial charge < -0.3 is 24.9 Å². The van der Waals surface area contributed by atoms with E-state index in [2.05, 4.69) is 16.7 Å². The molecule has 0 aliphatic carbocycles. The Morgan fingerprint density at radius 3 is 2.67 bits per heavy atom. The minimum atomic E-state index is -0.694. The highest BCUT2D eigenvalue weighted by atomic mass is 32.1. The zero-order valence-electron chi connectivity index (χ0n) is 21.9. The molecule has 202 valence electrons. The average molecular weight is 546 g/mol. The molecule has 2 N–H and O–H groups in total. The molecular weight excluding hydrogens is 514 g/mol. The summed E-state index contributed by atoms with van der Waals surface area (Å²) in [6.45, 7) is 3.87. The number of amides is 2. The number of benzene rings is 1. The second-order valence-corrected chi connectivity index (χ2v) is 10.9. The van der Waals surface area contributed by atoms with Crippen molar-refractivity contribution in [3.63, 3.8) is 0 Å². The first-order chi connectivity index (χ1) is 18.9. The number of nitrogens with one attached hydrogen (secondary N) is 2. The molecule has 0 unspecified atom stereocenters. The van der Waals surface area contributed by atoms with Gasteiger partial charge in [-0.25, -0.2) is 0 Å². The van der Waals surface area contributed by atoms with E-state index >= 15 is 0 Å². The molecule has 2 fully saturated rings. The number of aryl methyl sites for hydroxylation is 1. The van der Waals surface area contributed by atoms with Crippen LogP contribution in [0.25, 0.3) is 11.0 Å². The third kappa shape index (κ3) is 5.99. The van der Waals surface area contributed by atoms with Crippen molar-refractivity contribution in [3.8, 4) is 6.07 Å². The Kier molecular flexibility index (Phi) is 7.98. The van der Waals surface area contributed by atoms with Gasteiger partial charge in [-0.3, -0.25) is 14.4 Å². The summed E-state index contributed by atoms with van der Waals surface area (Å²) >= 11 is 1.25. The molecule has 10 heteroatoms. The maximum absolute atomic E-state index is 13.6. The number of nitrogens with zero attached hydrogens (tertiary/aromatic N) is 3. The lowest BCUT2D eigenvalue weighted by Gasteiger charge is -2.28. The minimum Gasteiger partial charge on any atom is -0.461 e. The minimum absolute atomic E-state index is 0.0373. The van der Waals surface area contributed by atoms with Crippen molar-refractivity contribution in [1.82, 2.24) is 15.1 Å². The quantitative estimate of drug-likeness (QED) is 0.244. The number of hydrogen-bond acceptors (Lipinski definition) is 8. The number of carbonyl (C=O) groups is 3. The molecule has 1 aromatic carbocycles. The number of hydrogen-bond donors (Lipinski definition) is 2. The standard InChI is InChI=1S/C29H31N5O4S/c1-19-15-20-16-21(9-10-24(20)38-19)31-28(22(17-30)27(36)25-8-6-14-39-25)32-23-7-2-3-13-34(29(23)37)18-26(35)33-11-4-5-12-33/h6,8-10,14-16,23,31-32H,2-5,7,11-13,18H2,1H3/b28-22-/t23-/m0/s1. The second kappa shape index (κ2) is 11.7. The number of allylic oxidation sites excluding steroid dienone is 1. The summed E-state index contributed by atoms with van der Waals surface area (Å²) in [7, 11) is 0. The van der Waals surface area contributed by atoms with Crippen molar-refractivity contribution < 1.29 is 18.8 Å². The van der Waals surface area contributed by atoms with Crippen LogP contribution in [0.3, 0.4) is 0 Å². The van der Waals surface area contributed by atoms with Gasteiger partial charge in [-0.15, -0.1) is 11.3 Å². The molecule has 2 amide bonds. The summed E-state index contributed by atoms with van der Waals surface area (Å²) in [6.07, 6.45) is 4.04. The van der Waals surface area contributed by atoms with Gasteiger partial charge in [0.25, 0.3) is 0 Å². The number of furan rings is 1. The molecule has 2 aliphatic rings. The van der Waals surface area contributed by atoms with Gasteiger partial charge in [0, 0.05) is 30.7 Å². The lowest BCUT2D eigenvalue weighted by Crippen LogP contribution is -2.49. The zero-order chi connectivity index (χ0) is 27.4. The molecule has 9 nitrogen and oxygen atoms in total. The lowest BCUT2D eigenvalue weighted by atomic mass is 10.1. The van der Waals surface area contributed by atoms with Crippen molar-refractivity contribution in [3.05, 3.63) is 63.8 Å². The summed E-state index contributed by atoms with van der Waals surface area (Å²) in [5.74, 6) is 0.270. The highest BCUT2D eigenvalue weighted by Gasteiger charge is 2.32. The van der Waals surface area contributed by atoms with Crippen molar-refractivity contribution >= 4 is 45.6 Å². The Labute approximate surface area is 231 Å². The van der Waals surface area contributed by atoms with Gasteiger partial charge in [0.05, 0.1) is 11.4 Å². The Balaban J connectivity index is 1.44. The lowest BCUT2D eigenvalue weighted by molar-refractivity contribution is -0.140. The topological polar surface area (TPSA) is 119 Å². The van der Waals surface area contributed by atoms with Gasteiger partial charge in [-0.1, -0.05) is 6.07 Å². The van der Waals surface area contributed by atoms with Crippen LogP contribution in [0.1, 0.15) is 47.5 Å². The molecule has 39 heavy (non-hydrogen) atoms. The van der Waals surface area contributed by atoms with E-state index in [1.54, 1.807) is 28.5 Å². The number of rotatable bonds is 8. The monoisotopic (exact) mass is 545 g/mol. The smallest absolute Gasteiger partial charge is 0.245 e. The van der Waals surface area contributed by atoms with Gasteiger partial charge in [0.15, 0.2) is 0 Å². The molecule has 1 atom stereocenters. The Morgan fingerprint density at radius 1 is 1.13 bits per heavy atom. The third-order valence-corrected chi connectivity index (χ3v) is 8.00. The fourth-order valence-corrected chi connectivity index (χ4v) is 5.79. The van der Waals surface area contributed by atoms with Gasteiger partial charge in [-0.05, 0) is 74.7 Å². The molecule has 2 saturated heterocycles. The van der Waals surface area contributed by atoms with E-state index < -0.39 is 11.8 Å². The molecule has 0 radical (unpaired) electrons. The molecule has 0 saturated carbocycles. The first-order valence-electron chi connectivity index (χ1n) is 13.3. The van der Waals surface area contributed by atoms with Gasteiger partial charge in [0.2, 0.25) is 17.6 Å². The second-order valence-electron chi connectivity index (χ2n) is 9.94. The average Bonchev–Trinajstić information content (AvgIpc) is 3.69. The van der Waals surface area contributed by atoms with E-state index in [4.69, 9.17) is 4.42 Å². The molecule has 5 rings (SSSR count). The number of likely N-dealkylation sites (tertiary alicyclic amines) is 2. The fraction of sp³-hybridized carbons (Fsp3) is 0.379. The predicted molar refractivity (Wildman–Crippen MR) is 149 cm³/mol. The van der Waals surface area contributed by atoms with E-state index in [9.17, 15) is 19.6 Å². The van der Waals surface area contributed by atoms with Crippen molar-refractivity contribution in [2.24, 2.45) is 0 Å². The summed E-state index contributed by atoms with van der Waals surface area (Å²) in [5.41, 5.74) is 1.25. The first kappa shape index (κ1) is 26.5. The van der Waals surface area contributed by atoms with Crippen molar-refractivity contribution in [2.45, 2.75) is 45.1 Å². The predicted octanol–water partition coefficient (Wildman–Crippen LogP) is 4.43. The molecule has 0 spiro atoms. The summed E-state index contributed by atoms with van der Waals surface area (Å²) in [4.78, 5) is 43.6. The maximum atomic E-state index is 13.6. The Hall–Kier alpha value is -4.10. The third-order valence-electron chi connectivity index (χ3n) is 7.13. The van der Waals surface area contributed by atoms with Crippen LogP contribution < -0.4 is 10.6 Å². The van der Waals surface area contributed by atoms with Gasteiger partial charge in [-0.2, -0.15) is 5.26 Å². The molecule has 4 heterocycles. The Bertz CT molecular complexity index is 1450. The van der Waals surface area contributed by atoms with E-state index in [-0.39, 0.29) is 29.8 Å². The number of ketones is 1. The van der Waals surface area contributed by atoms with Crippen LogP contribution in [0.4, 0.5) is 5.69 Å². The first-order valence-corrected chi connectivity index (χ1v) is 14.1. The van der Waals surface area contributed by atoms with E-state index in [0.29, 0.717) is 23.5 Å². The molecule has 2 aromatic heterocycles. The summed E-state index contributed by atoms with van der Waals surface area (Å²) < 4.78 is 5.67. The number of carbonyl (C=O) groups excluding carboxylic acids is 3. The number of Topliss-reactive ketones (excluding diaryl/α,β-unsaturated/α-hetero) is 1. The van der Waals surface area contributed by atoms with Crippen LogP contribution in [-0.4, -0.2) is 59.6 Å². The number of fused-ring (bicyclic) bond motifs is 1. The van der Waals surface area contributed by atoms with Gasteiger partial charge in [0.1, 0.15) is 34.8 Å². The molecule has 2 aliphatic heterocycles. The van der Waals surface area contributed by atoms with Crippen molar-refractivity contribution in [1.29, 1.82) is 5.26 Å². The highest BCUT2D eigenvalue weighted by molar-refractivity contribution is 7.12. The Morgan fingerprint density at radius 2 is 1.92 bits per heavy atom. The normalized spacial score (nSPS) is 18.5. The largest absolute Gasteiger partial charge is 0.461 e. The van der Waals surface area contributed by atoms with E-state index in [1.165, 1.54) is 11.3 Å². The van der Waals surface area contributed by atoms with Crippen LogP contribution in [0, 0.1) is 18.3 Å². The highest BCUT2D eigenvalue weighted by Crippen LogP contribution is 2.25. The number of thiophene rings is 1. The summed E-state index contributed by atoms with van der Waals surface area (Å²) in [5, 5.41) is 19.2. The van der Waals surface area contributed by atoms with Crippen LogP contribution in [0.2, 0.25) is 0 Å². The SMILES string of the molecule is Cc1cc2cc(N/C(N[C@H]3CCCCN(CC(=O)N4CCCC4)C3=O)=C(\C#N)C(=O)c3cccs3)ccc2o1. The van der Waals surface area contributed by atoms with E-state index in [1.807, 2.05) is 30.0 Å². The van der Waals surface area contributed by atoms with E-state index in [0.717, 1.165) is 55.5 Å². The number of anilines is 1. The summed E-state index contributed by atoms with van der Waals surface area (Å²) in [6, 6.07) is 12.2. The fourth-order valence-electron chi connectivity index (χ4n) is 5.12. The number of nitriles is 1. The van der Waals surface area contributed by atoms with Gasteiger partial charge >= 0.3 is 0 Å².